The van der Waals surface area contributed by atoms with Gasteiger partial charge in [0.25, 0.3) is 5.91 Å². The summed E-state index contributed by atoms with van der Waals surface area (Å²) in [7, 11) is 0. The van der Waals surface area contributed by atoms with Crippen molar-refractivity contribution in [1.29, 1.82) is 0 Å². The maximum Gasteiger partial charge on any atom is 0.251 e. The van der Waals surface area contributed by atoms with E-state index in [0.29, 0.717) is 12.0 Å². The van der Waals surface area contributed by atoms with Gasteiger partial charge in [0, 0.05) is 23.6 Å². The Morgan fingerprint density at radius 1 is 1.07 bits per heavy atom. The Morgan fingerprint density at radius 2 is 1.80 bits per heavy atom. The van der Waals surface area contributed by atoms with Gasteiger partial charge in [-0.3, -0.25) is 4.79 Å². The van der Waals surface area contributed by atoms with Crippen molar-refractivity contribution in [3.05, 3.63) is 77.7 Å². The van der Waals surface area contributed by atoms with Crippen LogP contribution in [-0.2, 0) is 13.0 Å². The number of nitrogens with zero attached hydrogens (tertiary/aromatic N) is 2. The van der Waals surface area contributed by atoms with E-state index in [9.17, 15) is 9.90 Å². The largest absolute Gasteiger partial charge is 0.392 e. The number of aliphatic hydroxyl groups excluding tert-OH is 1. The molecule has 0 radical (unpaired) electrons. The molecule has 5 rings (SSSR count). The number of hydrogen-bond acceptors (Lipinski definition) is 3. The number of carbonyl (C=O) groups excluding carboxylic acids is 1. The van der Waals surface area contributed by atoms with Gasteiger partial charge in [-0.2, -0.15) is 0 Å². The first-order valence-corrected chi connectivity index (χ1v) is 10.9. The Bertz CT molecular complexity index is 1040. The van der Waals surface area contributed by atoms with E-state index < -0.39 is 6.10 Å². The first-order chi connectivity index (χ1) is 14.7. The van der Waals surface area contributed by atoms with E-state index in [1.807, 2.05) is 36.5 Å². The van der Waals surface area contributed by atoms with Crippen LogP contribution in [0.15, 0.2) is 60.8 Å². The number of imidazole rings is 1. The molecule has 2 heterocycles. The second kappa shape index (κ2) is 8.07. The summed E-state index contributed by atoms with van der Waals surface area (Å²) in [6.07, 6.45) is 5.79. The van der Waals surface area contributed by atoms with Crippen LogP contribution in [0.3, 0.4) is 0 Å². The van der Waals surface area contributed by atoms with Crippen molar-refractivity contribution < 1.29 is 9.90 Å². The zero-order valence-corrected chi connectivity index (χ0v) is 17.0. The van der Waals surface area contributed by atoms with Crippen LogP contribution in [0.25, 0.3) is 11.3 Å². The third kappa shape index (κ3) is 3.65. The van der Waals surface area contributed by atoms with Gasteiger partial charge in [-0.25, -0.2) is 4.98 Å². The summed E-state index contributed by atoms with van der Waals surface area (Å²) >= 11 is 0. The molecular weight excluding hydrogens is 374 g/mol. The molecule has 1 saturated carbocycles. The van der Waals surface area contributed by atoms with E-state index in [2.05, 4.69) is 39.1 Å². The monoisotopic (exact) mass is 401 g/mol. The number of nitrogens with one attached hydrogen (secondary N) is 1. The quantitative estimate of drug-likeness (QED) is 0.534. The number of aromatic nitrogens is 2. The highest BCUT2D eigenvalue weighted by Crippen LogP contribution is 2.34. The van der Waals surface area contributed by atoms with Crippen molar-refractivity contribution in [2.45, 2.75) is 50.8 Å². The molecule has 1 aliphatic carbocycles. The molecule has 30 heavy (non-hydrogen) atoms. The van der Waals surface area contributed by atoms with Crippen LogP contribution < -0.4 is 5.32 Å². The molecular formula is C25H27N3O2. The van der Waals surface area contributed by atoms with Crippen LogP contribution in [-0.4, -0.2) is 32.7 Å². The summed E-state index contributed by atoms with van der Waals surface area (Å²) in [5, 5.41) is 14.0. The number of carbonyl (C=O) groups is 1. The van der Waals surface area contributed by atoms with Crippen LogP contribution in [0.5, 0.6) is 0 Å². The zero-order valence-electron chi connectivity index (χ0n) is 17.0. The fourth-order valence-electron chi connectivity index (χ4n) is 4.91. The molecule has 5 nitrogen and oxygen atoms in total. The third-order valence-corrected chi connectivity index (χ3v) is 6.64. The number of aliphatic hydroxyl groups is 1. The summed E-state index contributed by atoms with van der Waals surface area (Å²) in [6, 6.07) is 18.0. The predicted octanol–water partition coefficient (Wildman–Crippen LogP) is 3.80. The number of fused-ring (bicyclic) bond motifs is 3. The molecule has 1 amide bonds. The Kier molecular flexibility index (Phi) is 5.13. The molecule has 2 aliphatic rings. The number of benzene rings is 2. The third-order valence-electron chi connectivity index (χ3n) is 6.64. The molecule has 5 heteroatoms. The van der Waals surface area contributed by atoms with Crippen LogP contribution in [0.2, 0.25) is 0 Å². The fraction of sp³-hybridized carbons (Fsp3) is 0.360. The van der Waals surface area contributed by atoms with E-state index in [1.54, 1.807) is 0 Å². The SMILES string of the molecule is O=C(NC1CCC(C(O)Cc2ncc3n2Cc2ccccc2-3)CC1)c1ccccc1. The highest BCUT2D eigenvalue weighted by molar-refractivity contribution is 5.94. The average molecular weight is 402 g/mol. The van der Waals surface area contributed by atoms with Gasteiger partial charge in [0.1, 0.15) is 5.82 Å². The van der Waals surface area contributed by atoms with Crippen molar-refractivity contribution in [2.24, 2.45) is 5.92 Å². The van der Waals surface area contributed by atoms with Crippen molar-refractivity contribution >= 4 is 5.91 Å². The minimum absolute atomic E-state index is 0.00730. The minimum atomic E-state index is -0.397. The van der Waals surface area contributed by atoms with Gasteiger partial charge in [0.05, 0.1) is 24.5 Å². The molecule has 0 bridgehead atoms. The zero-order chi connectivity index (χ0) is 20.5. The van der Waals surface area contributed by atoms with Crippen LogP contribution in [0.4, 0.5) is 0 Å². The lowest BCUT2D eigenvalue weighted by molar-refractivity contribution is 0.0727. The van der Waals surface area contributed by atoms with E-state index in [4.69, 9.17) is 0 Å². The summed E-state index contributed by atoms with van der Waals surface area (Å²) in [5.41, 5.74) is 4.43. The summed E-state index contributed by atoms with van der Waals surface area (Å²) < 4.78 is 2.24. The lowest BCUT2D eigenvalue weighted by Crippen LogP contribution is -2.39. The van der Waals surface area contributed by atoms with Gasteiger partial charge < -0.3 is 15.0 Å². The molecule has 1 atom stereocenters. The lowest BCUT2D eigenvalue weighted by atomic mass is 9.81. The molecule has 1 unspecified atom stereocenters. The van der Waals surface area contributed by atoms with Gasteiger partial charge in [-0.05, 0) is 49.3 Å². The van der Waals surface area contributed by atoms with Crippen molar-refractivity contribution in [3.63, 3.8) is 0 Å². The second-order valence-electron chi connectivity index (χ2n) is 8.53. The van der Waals surface area contributed by atoms with E-state index >= 15 is 0 Å². The molecule has 0 saturated heterocycles. The smallest absolute Gasteiger partial charge is 0.251 e. The maximum absolute atomic E-state index is 12.4. The van der Waals surface area contributed by atoms with Gasteiger partial charge in [-0.1, -0.05) is 42.5 Å². The number of amides is 1. The topological polar surface area (TPSA) is 67.2 Å². The van der Waals surface area contributed by atoms with Gasteiger partial charge >= 0.3 is 0 Å². The normalized spacial score (nSPS) is 21.0. The Hall–Kier alpha value is -2.92. The molecule has 1 aliphatic heterocycles. The van der Waals surface area contributed by atoms with Crippen LogP contribution in [0.1, 0.15) is 47.4 Å². The molecule has 1 fully saturated rings. The molecule has 2 N–H and O–H groups in total. The van der Waals surface area contributed by atoms with E-state index in [0.717, 1.165) is 43.7 Å². The predicted molar refractivity (Wildman–Crippen MR) is 116 cm³/mol. The Morgan fingerprint density at radius 3 is 2.60 bits per heavy atom. The van der Waals surface area contributed by atoms with Crippen LogP contribution in [0, 0.1) is 5.92 Å². The minimum Gasteiger partial charge on any atom is -0.392 e. The molecule has 154 valence electrons. The van der Waals surface area contributed by atoms with Gasteiger partial charge in [0.15, 0.2) is 0 Å². The second-order valence-corrected chi connectivity index (χ2v) is 8.53. The standard InChI is InChI=1S/C25H27N3O2/c29-23(14-24-26-15-22-21-9-5-4-8-19(21)16-28(22)24)17-10-12-20(13-11-17)27-25(30)18-6-2-1-3-7-18/h1-9,15,17,20,23,29H,10-14,16H2,(H,27,30). The van der Waals surface area contributed by atoms with E-state index in [-0.39, 0.29) is 17.9 Å². The van der Waals surface area contributed by atoms with E-state index in [1.165, 1.54) is 11.1 Å². The van der Waals surface area contributed by atoms with Gasteiger partial charge in [0.2, 0.25) is 0 Å². The first kappa shape index (κ1) is 19.1. The average Bonchev–Trinajstić information content (AvgIpc) is 3.34. The summed E-state index contributed by atoms with van der Waals surface area (Å²) in [4.78, 5) is 17.0. The number of hydrogen-bond donors (Lipinski definition) is 2. The lowest BCUT2D eigenvalue weighted by Gasteiger charge is -2.32. The number of rotatable bonds is 5. The Balaban J connectivity index is 1.16. The summed E-state index contributed by atoms with van der Waals surface area (Å²) in [5.74, 6) is 1.21. The molecule has 0 spiro atoms. The molecule has 2 aromatic carbocycles. The van der Waals surface area contributed by atoms with Crippen molar-refractivity contribution in [1.82, 2.24) is 14.9 Å². The van der Waals surface area contributed by atoms with Crippen molar-refractivity contribution in [2.75, 3.05) is 0 Å². The fourth-order valence-corrected chi connectivity index (χ4v) is 4.91. The Labute approximate surface area is 176 Å². The highest BCUT2D eigenvalue weighted by atomic mass is 16.3. The highest BCUT2D eigenvalue weighted by Gasteiger charge is 2.29. The summed E-state index contributed by atoms with van der Waals surface area (Å²) in [6.45, 7) is 0.839. The maximum atomic E-state index is 12.4. The van der Waals surface area contributed by atoms with Gasteiger partial charge in [-0.15, -0.1) is 0 Å². The molecule has 1 aromatic heterocycles. The first-order valence-electron chi connectivity index (χ1n) is 10.9. The van der Waals surface area contributed by atoms with Crippen LogP contribution >= 0.6 is 0 Å². The molecule has 3 aromatic rings. The van der Waals surface area contributed by atoms with Crippen molar-refractivity contribution in [3.8, 4) is 11.3 Å².